The minimum Gasteiger partial charge on any atom is -0.335 e. The van der Waals surface area contributed by atoms with Crippen molar-refractivity contribution in [2.45, 2.75) is 32.2 Å². The van der Waals surface area contributed by atoms with Gasteiger partial charge < -0.3 is 18.8 Å². The number of nitrogens with zero attached hydrogens (tertiary/aromatic N) is 7. The van der Waals surface area contributed by atoms with Gasteiger partial charge in [-0.15, -0.1) is 10.2 Å². The highest BCUT2D eigenvalue weighted by molar-refractivity contribution is 5.93. The highest BCUT2D eigenvalue weighted by atomic mass is 16.2. The van der Waals surface area contributed by atoms with Crippen molar-refractivity contribution in [2.24, 2.45) is 0 Å². The van der Waals surface area contributed by atoms with E-state index in [1.54, 1.807) is 16.0 Å². The van der Waals surface area contributed by atoms with Gasteiger partial charge in [-0.2, -0.15) is 0 Å². The molecule has 5 heterocycles. The fourth-order valence-electron chi connectivity index (χ4n) is 4.13. The van der Waals surface area contributed by atoms with Gasteiger partial charge in [0.2, 0.25) is 5.82 Å². The number of hydrogen-bond acceptors (Lipinski definition) is 5. The van der Waals surface area contributed by atoms with Gasteiger partial charge in [0.05, 0.1) is 0 Å². The lowest BCUT2D eigenvalue weighted by atomic mass is 10.1. The van der Waals surface area contributed by atoms with Crippen molar-refractivity contribution in [1.82, 2.24) is 33.9 Å². The fraction of sp³-hybridized carbons (Fsp3) is 0.450. The highest BCUT2D eigenvalue weighted by Gasteiger charge is 2.28. The van der Waals surface area contributed by atoms with Gasteiger partial charge in [-0.05, 0) is 31.4 Å². The maximum atomic E-state index is 13.0. The first-order valence-corrected chi connectivity index (χ1v) is 10.1. The SMILES string of the molecule is O=C(c1cn2ccccc2n1)N1CCCN(C(=O)c2nnc3n2CCCC3)CC1. The number of hydrogen-bond donors (Lipinski definition) is 0. The fourth-order valence-corrected chi connectivity index (χ4v) is 4.13. The Morgan fingerprint density at radius 3 is 2.52 bits per heavy atom. The van der Waals surface area contributed by atoms with Gasteiger partial charge in [0, 0.05) is 51.5 Å². The first-order chi connectivity index (χ1) is 14.2. The van der Waals surface area contributed by atoms with Gasteiger partial charge in [0.25, 0.3) is 11.8 Å². The van der Waals surface area contributed by atoms with E-state index in [9.17, 15) is 9.59 Å². The topological polar surface area (TPSA) is 88.6 Å². The van der Waals surface area contributed by atoms with Crippen LogP contribution in [0.2, 0.25) is 0 Å². The molecule has 0 aromatic carbocycles. The van der Waals surface area contributed by atoms with E-state index in [1.807, 2.05) is 33.4 Å². The van der Waals surface area contributed by atoms with Crippen LogP contribution in [0.4, 0.5) is 0 Å². The molecule has 0 aliphatic carbocycles. The van der Waals surface area contributed by atoms with Crippen molar-refractivity contribution < 1.29 is 9.59 Å². The molecule has 3 aromatic rings. The summed E-state index contributed by atoms with van der Waals surface area (Å²) < 4.78 is 3.80. The summed E-state index contributed by atoms with van der Waals surface area (Å²) in [5, 5.41) is 8.35. The molecule has 1 fully saturated rings. The molecule has 2 aliphatic rings. The van der Waals surface area contributed by atoms with E-state index in [0.29, 0.717) is 37.7 Å². The summed E-state index contributed by atoms with van der Waals surface area (Å²) in [6.07, 6.45) is 7.38. The van der Waals surface area contributed by atoms with Crippen molar-refractivity contribution >= 4 is 17.5 Å². The summed E-state index contributed by atoms with van der Waals surface area (Å²) in [5.41, 5.74) is 1.18. The largest absolute Gasteiger partial charge is 0.335 e. The Morgan fingerprint density at radius 1 is 0.862 bits per heavy atom. The molecular formula is C20H23N7O2. The Balaban J connectivity index is 1.29. The van der Waals surface area contributed by atoms with Crippen molar-refractivity contribution in [2.75, 3.05) is 26.2 Å². The maximum Gasteiger partial charge on any atom is 0.291 e. The molecule has 0 spiro atoms. The number of carbonyl (C=O) groups is 2. The zero-order valence-electron chi connectivity index (χ0n) is 16.2. The predicted molar refractivity (Wildman–Crippen MR) is 105 cm³/mol. The highest BCUT2D eigenvalue weighted by Crippen LogP contribution is 2.17. The second-order valence-corrected chi connectivity index (χ2v) is 7.58. The summed E-state index contributed by atoms with van der Waals surface area (Å²) in [6.45, 7) is 2.99. The number of pyridine rings is 1. The van der Waals surface area contributed by atoms with Crippen LogP contribution in [0.3, 0.4) is 0 Å². The number of aromatic nitrogens is 5. The van der Waals surface area contributed by atoms with Crippen molar-refractivity contribution in [3.05, 3.63) is 47.9 Å². The normalized spacial score (nSPS) is 17.2. The second-order valence-electron chi connectivity index (χ2n) is 7.58. The molecule has 0 radical (unpaired) electrons. The molecule has 0 bridgehead atoms. The molecule has 0 unspecified atom stereocenters. The lowest BCUT2D eigenvalue weighted by Crippen LogP contribution is -2.38. The summed E-state index contributed by atoms with van der Waals surface area (Å²) in [6, 6.07) is 5.68. The van der Waals surface area contributed by atoms with E-state index in [2.05, 4.69) is 15.2 Å². The maximum absolute atomic E-state index is 13.0. The minimum absolute atomic E-state index is 0.0901. The van der Waals surface area contributed by atoms with Gasteiger partial charge in [-0.1, -0.05) is 6.07 Å². The van der Waals surface area contributed by atoms with Crippen LogP contribution in [0, 0.1) is 0 Å². The molecule has 0 saturated carbocycles. The van der Waals surface area contributed by atoms with Gasteiger partial charge in [-0.3, -0.25) is 9.59 Å². The van der Waals surface area contributed by atoms with E-state index in [-0.39, 0.29) is 11.8 Å². The van der Waals surface area contributed by atoms with E-state index in [4.69, 9.17) is 0 Å². The Bertz CT molecular complexity index is 1040. The summed E-state index contributed by atoms with van der Waals surface area (Å²) in [5.74, 6) is 1.15. The van der Waals surface area contributed by atoms with Crippen molar-refractivity contribution in [3.63, 3.8) is 0 Å². The third kappa shape index (κ3) is 3.26. The zero-order chi connectivity index (χ0) is 19.8. The number of imidazole rings is 1. The molecule has 9 heteroatoms. The van der Waals surface area contributed by atoms with Crippen LogP contribution in [0.5, 0.6) is 0 Å². The molecule has 1 saturated heterocycles. The van der Waals surface area contributed by atoms with E-state index >= 15 is 0 Å². The monoisotopic (exact) mass is 393 g/mol. The van der Waals surface area contributed by atoms with Crippen molar-refractivity contribution in [3.8, 4) is 0 Å². The molecule has 9 nitrogen and oxygen atoms in total. The van der Waals surface area contributed by atoms with Gasteiger partial charge >= 0.3 is 0 Å². The van der Waals surface area contributed by atoms with Crippen LogP contribution in [-0.2, 0) is 13.0 Å². The molecule has 5 rings (SSSR count). The van der Waals surface area contributed by atoms with Crippen LogP contribution in [0.1, 0.15) is 46.2 Å². The van der Waals surface area contributed by atoms with E-state index < -0.39 is 0 Å². The standard InChI is InChI=1S/C20H23N7O2/c28-19(15-14-26-8-3-1-6-16(26)21-15)24-9-5-10-25(13-12-24)20(29)18-23-22-17-7-2-4-11-27(17)18/h1,3,6,8,14H,2,4-5,7,9-13H2. The zero-order valence-corrected chi connectivity index (χ0v) is 16.2. The second kappa shape index (κ2) is 7.31. The van der Waals surface area contributed by atoms with E-state index in [0.717, 1.165) is 43.7 Å². The molecule has 0 atom stereocenters. The summed E-state index contributed by atoms with van der Waals surface area (Å²) in [7, 11) is 0. The number of rotatable bonds is 2. The van der Waals surface area contributed by atoms with Crippen LogP contribution in [-0.4, -0.2) is 71.9 Å². The predicted octanol–water partition coefficient (Wildman–Crippen LogP) is 1.25. The van der Waals surface area contributed by atoms with Crippen LogP contribution in [0.15, 0.2) is 30.6 Å². The van der Waals surface area contributed by atoms with Gasteiger partial charge in [0.15, 0.2) is 0 Å². The smallest absolute Gasteiger partial charge is 0.291 e. The van der Waals surface area contributed by atoms with Crippen molar-refractivity contribution in [1.29, 1.82) is 0 Å². The third-order valence-corrected chi connectivity index (χ3v) is 5.70. The average Bonchev–Trinajstić information content (AvgIpc) is 3.30. The quantitative estimate of drug-likeness (QED) is 0.654. The number of amides is 2. The number of carbonyl (C=O) groups excluding carboxylic acids is 2. The lowest BCUT2D eigenvalue weighted by molar-refractivity contribution is 0.0706. The Hall–Kier alpha value is -3.23. The first kappa shape index (κ1) is 17.8. The van der Waals surface area contributed by atoms with Gasteiger partial charge in [0.1, 0.15) is 17.2 Å². The molecular weight excluding hydrogens is 370 g/mol. The molecule has 0 N–H and O–H groups in total. The Kier molecular flexibility index (Phi) is 4.49. The molecule has 29 heavy (non-hydrogen) atoms. The van der Waals surface area contributed by atoms with E-state index in [1.165, 1.54) is 0 Å². The molecule has 3 aromatic heterocycles. The average molecular weight is 393 g/mol. The van der Waals surface area contributed by atoms with Gasteiger partial charge in [-0.25, -0.2) is 4.98 Å². The third-order valence-electron chi connectivity index (χ3n) is 5.70. The molecule has 2 aliphatic heterocycles. The Labute approximate surface area is 167 Å². The first-order valence-electron chi connectivity index (χ1n) is 10.1. The summed E-state index contributed by atoms with van der Waals surface area (Å²) >= 11 is 0. The van der Waals surface area contributed by atoms with Crippen LogP contribution in [0.25, 0.3) is 5.65 Å². The Morgan fingerprint density at radius 2 is 1.69 bits per heavy atom. The van der Waals surface area contributed by atoms with Crippen LogP contribution >= 0.6 is 0 Å². The molecule has 2 amide bonds. The summed E-state index contributed by atoms with van der Waals surface area (Å²) in [4.78, 5) is 34.0. The number of aryl methyl sites for hydroxylation is 1. The molecule has 150 valence electrons. The number of fused-ring (bicyclic) bond motifs is 2. The minimum atomic E-state index is -0.0946. The van der Waals surface area contributed by atoms with Crippen LogP contribution < -0.4 is 0 Å². The lowest BCUT2D eigenvalue weighted by Gasteiger charge is -2.22.